The number of ether oxygens (including phenoxy) is 1. The molecule has 2 rings (SSSR count). The number of nitrogens with zero attached hydrogens (tertiary/aromatic N) is 2. The summed E-state index contributed by atoms with van der Waals surface area (Å²) in [6.45, 7) is -0.514. The molecule has 1 amide bonds. The van der Waals surface area contributed by atoms with E-state index in [0.29, 0.717) is 0 Å². The van der Waals surface area contributed by atoms with Crippen molar-refractivity contribution in [3.05, 3.63) is 81.9 Å². The number of aliphatic hydroxyl groups is 1. The zero-order chi connectivity index (χ0) is 18.1. The first-order valence-corrected chi connectivity index (χ1v) is 7.84. The van der Waals surface area contributed by atoms with Crippen LogP contribution in [0, 0.1) is 10.1 Å². The zero-order valence-corrected chi connectivity index (χ0v) is 13.7. The number of hydrogen-bond donors (Lipinski definition) is 1. The summed E-state index contributed by atoms with van der Waals surface area (Å²) in [6.07, 6.45) is -1.89. The maximum absolute atomic E-state index is 12.4. The Hall–Kier alpha value is -2.93. The Morgan fingerprint density at radius 3 is 2.20 bits per heavy atom. The van der Waals surface area contributed by atoms with Crippen molar-refractivity contribution in [1.82, 2.24) is 4.90 Å². The number of carbonyl (C=O) groups excluding carboxylic acids is 1. The first-order valence-electron chi connectivity index (χ1n) is 7.84. The van der Waals surface area contributed by atoms with Crippen LogP contribution in [-0.4, -0.2) is 40.2 Å². The molecule has 0 radical (unpaired) electrons. The fourth-order valence-corrected chi connectivity index (χ4v) is 2.30. The Balaban J connectivity index is 2.01. The summed E-state index contributed by atoms with van der Waals surface area (Å²) in [7, 11) is 0. The molecule has 7 nitrogen and oxygen atoms in total. The van der Waals surface area contributed by atoms with E-state index in [0.717, 1.165) is 11.1 Å². The lowest BCUT2D eigenvalue weighted by molar-refractivity contribution is -0.490. The highest BCUT2D eigenvalue weighted by Gasteiger charge is 2.22. The maximum atomic E-state index is 12.4. The molecule has 132 valence electrons. The molecule has 0 aromatic heterocycles. The van der Waals surface area contributed by atoms with E-state index in [2.05, 4.69) is 0 Å². The van der Waals surface area contributed by atoms with Gasteiger partial charge in [0, 0.05) is 11.5 Å². The van der Waals surface area contributed by atoms with Crippen LogP contribution in [0.15, 0.2) is 60.7 Å². The van der Waals surface area contributed by atoms with Crippen LogP contribution in [0.25, 0.3) is 0 Å². The summed E-state index contributed by atoms with van der Waals surface area (Å²) in [5.74, 6) is 0. The van der Waals surface area contributed by atoms with Gasteiger partial charge in [-0.1, -0.05) is 60.7 Å². The highest BCUT2D eigenvalue weighted by atomic mass is 16.6. The number of amides is 1. The first kappa shape index (κ1) is 18.4. The predicted octanol–water partition coefficient (Wildman–Crippen LogP) is 2.46. The molecule has 0 aliphatic carbocycles. The summed E-state index contributed by atoms with van der Waals surface area (Å²) in [5.41, 5.74) is 1.67. The second kappa shape index (κ2) is 9.39. The molecule has 0 saturated carbocycles. The standard InChI is InChI=1S/C18H20N2O5/c21-17(13-20(23)24)12-19(11-15-7-3-1-4-8-15)18(22)25-14-16-9-5-2-6-10-16/h1-10,17,21H,11-14H2. The van der Waals surface area contributed by atoms with Crippen LogP contribution in [0.2, 0.25) is 0 Å². The number of hydrogen-bond acceptors (Lipinski definition) is 5. The van der Waals surface area contributed by atoms with Crippen molar-refractivity contribution in [3.8, 4) is 0 Å². The van der Waals surface area contributed by atoms with Gasteiger partial charge in [0.25, 0.3) is 0 Å². The van der Waals surface area contributed by atoms with Gasteiger partial charge in [0.05, 0.1) is 6.54 Å². The van der Waals surface area contributed by atoms with Gasteiger partial charge >= 0.3 is 6.09 Å². The van der Waals surface area contributed by atoms with Gasteiger partial charge in [-0.15, -0.1) is 0 Å². The van der Waals surface area contributed by atoms with Gasteiger partial charge in [-0.3, -0.25) is 10.1 Å². The van der Waals surface area contributed by atoms with Crippen LogP contribution in [0.1, 0.15) is 11.1 Å². The van der Waals surface area contributed by atoms with Crippen LogP contribution in [-0.2, 0) is 17.9 Å². The summed E-state index contributed by atoms with van der Waals surface area (Å²) < 4.78 is 5.27. The topological polar surface area (TPSA) is 92.9 Å². The average Bonchev–Trinajstić information content (AvgIpc) is 2.60. The van der Waals surface area contributed by atoms with Crippen LogP contribution < -0.4 is 0 Å². The Morgan fingerprint density at radius 1 is 1.08 bits per heavy atom. The Morgan fingerprint density at radius 2 is 1.64 bits per heavy atom. The van der Waals surface area contributed by atoms with Crippen molar-refractivity contribution in [1.29, 1.82) is 0 Å². The van der Waals surface area contributed by atoms with Gasteiger partial charge < -0.3 is 14.7 Å². The van der Waals surface area contributed by atoms with Gasteiger partial charge in [-0.2, -0.15) is 0 Å². The molecule has 1 N–H and O–H groups in total. The summed E-state index contributed by atoms with van der Waals surface area (Å²) in [5, 5.41) is 20.4. The van der Waals surface area contributed by atoms with Crippen molar-refractivity contribution < 1.29 is 19.6 Å². The fraction of sp³-hybridized carbons (Fsp3) is 0.278. The SMILES string of the molecule is O=C(OCc1ccccc1)N(Cc1ccccc1)CC(O)C[N+](=O)[O-]. The van der Waals surface area contributed by atoms with E-state index in [1.807, 2.05) is 60.7 Å². The molecule has 0 saturated heterocycles. The number of nitro groups is 1. The third-order valence-corrected chi connectivity index (χ3v) is 3.47. The average molecular weight is 344 g/mol. The molecule has 1 atom stereocenters. The number of carbonyl (C=O) groups is 1. The van der Waals surface area contributed by atoms with Gasteiger partial charge in [0.15, 0.2) is 0 Å². The molecule has 7 heteroatoms. The predicted molar refractivity (Wildman–Crippen MR) is 91.3 cm³/mol. The van der Waals surface area contributed by atoms with Crippen LogP contribution in [0.3, 0.4) is 0 Å². The van der Waals surface area contributed by atoms with E-state index in [4.69, 9.17) is 4.74 Å². The number of rotatable bonds is 8. The van der Waals surface area contributed by atoms with Crippen LogP contribution in [0.4, 0.5) is 4.79 Å². The third-order valence-electron chi connectivity index (χ3n) is 3.47. The summed E-state index contributed by atoms with van der Waals surface area (Å²) >= 11 is 0. The monoisotopic (exact) mass is 344 g/mol. The molecule has 0 aliphatic heterocycles. The van der Waals surface area contributed by atoms with Crippen molar-refractivity contribution in [2.75, 3.05) is 13.1 Å². The minimum absolute atomic E-state index is 0.0935. The second-order valence-electron chi connectivity index (χ2n) is 5.58. The van der Waals surface area contributed by atoms with Gasteiger partial charge in [-0.25, -0.2) is 4.79 Å². The lowest BCUT2D eigenvalue weighted by Gasteiger charge is -2.23. The molecular formula is C18H20N2O5. The molecule has 0 bridgehead atoms. The fourth-order valence-electron chi connectivity index (χ4n) is 2.30. The van der Waals surface area contributed by atoms with E-state index < -0.39 is 23.7 Å². The molecular weight excluding hydrogens is 324 g/mol. The van der Waals surface area contributed by atoms with Crippen molar-refractivity contribution in [3.63, 3.8) is 0 Å². The van der Waals surface area contributed by atoms with E-state index in [1.54, 1.807) is 0 Å². The Kier molecular flexibility index (Phi) is 6.91. The number of benzene rings is 2. The van der Waals surface area contributed by atoms with E-state index >= 15 is 0 Å². The van der Waals surface area contributed by atoms with Gasteiger partial charge in [0.1, 0.15) is 12.7 Å². The van der Waals surface area contributed by atoms with Crippen LogP contribution >= 0.6 is 0 Å². The molecule has 0 heterocycles. The minimum Gasteiger partial charge on any atom is -0.445 e. The summed E-state index contributed by atoms with van der Waals surface area (Å²) in [6, 6.07) is 18.4. The molecule has 25 heavy (non-hydrogen) atoms. The van der Waals surface area contributed by atoms with Gasteiger partial charge in [-0.05, 0) is 11.1 Å². The molecule has 2 aromatic rings. The smallest absolute Gasteiger partial charge is 0.410 e. The van der Waals surface area contributed by atoms with Crippen LogP contribution in [0.5, 0.6) is 0 Å². The molecule has 1 unspecified atom stereocenters. The van der Waals surface area contributed by atoms with E-state index in [-0.39, 0.29) is 19.7 Å². The zero-order valence-electron chi connectivity index (χ0n) is 13.7. The minimum atomic E-state index is -1.26. The lowest BCUT2D eigenvalue weighted by atomic mass is 10.2. The largest absolute Gasteiger partial charge is 0.445 e. The van der Waals surface area contributed by atoms with E-state index in [1.165, 1.54) is 4.90 Å². The Labute approximate surface area is 145 Å². The molecule has 2 aromatic carbocycles. The first-order chi connectivity index (χ1) is 12.0. The molecule has 0 aliphatic rings. The van der Waals surface area contributed by atoms with Crippen molar-refractivity contribution in [2.24, 2.45) is 0 Å². The second-order valence-corrected chi connectivity index (χ2v) is 5.58. The van der Waals surface area contributed by atoms with Gasteiger partial charge in [0.2, 0.25) is 6.54 Å². The van der Waals surface area contributed by atoms with Crippen molar-refractivity contribution >= 4 is 6.09 Å². The normalized spacial score (nSPS) is 11.6. The Bertz CT molecular complexity index is 678. The quantitative estimate of drug-likeness (QED) is 0.586. The summed E-state index contributed by atoms with van der Waals surface area (Å²) in [4.78, 5) is 23.6. The third kappa shape index (κ3) is 6.60. The van der Waals surface area contributed by atoms with Crippen molar-refractivity contribution in [2.45, 2.75) is 19.3 Å². The van der Waals surface area contributed by atoms with E-state index in [9.17, 15) is 20.0 Å². The maximum Gasteiger partial charge on any atom is 0.410 e. The highest BCUT2D eigenvalue weighted by molar-refractivity contribution is 5.67. The molecule has 0 fully saturated rings. The number of aliphatic hydroxyl groups excluding tert-OH is 1. The molecule has 0 spiro atoms. The highest BCUT2D eigenvalue weighted by Crippen LogP contribution is 2.09. The lowest BCUT2D eigenvalue weighted by Crippen LogP contribution is -2.39.